The number of carbonyl (C=O) groups excluding carboxylic acids is 2. The number of piperazine rings is 1. The van der Waals surface area contributed by atoms with Crippen molar-refractivity contribution in [2.75, 3.05) is 32.1 Å². The van der Waals surface area contributed by atoms with Crippen LogP contribution >= 0.6 is 0 Å². The number of fused-ring (bicyclic) bond motifs is 1. The van der Waals surface area contributed by atoms with Crippen LogP contribution in [0.5, 0.6) is 5.75 Å². The summed E-state index contributed by atoms with van der Waals surface area (Å²) in [7, 11) is 1.61. The molecule has 2 aliphatic heterocycles. The highest BCUT2D eigenvalue weighted by molar-refractivity contribution is 6.01. The molecule has 1 fully saturated rings. The molecule has 6 nitrogen and oxygen atoms in total. The van der Waals surface area contributed by atoms with Gasteiger partial charge in [-0.1, -0.05) is 24.3 Å². The Kier molecular flexibility index (Phi) is 5.00. The third-order valence-corrected chi connectivity index (χ3v) is 5.38. The van der Waals surface area contributed by atoms with Gasteiger partial charge in [-0.2, -0.15) is 0 Å². The average molecular weight is 383 g/mol. The first-order valence-corrected chi connectivity index (χ1v) is 9.32. The van der Waals surface area contributed by atoms with E-state index < -0.39 is 11.7 Å². The van der Waals surface area contributed by atoms with E-state index in [1.807, 2.05) is 29.2 Å². The molecule has 2 aromatic carbocycles. The lowest BCUT2D eigenvalue weighted by Gasteiger charge is -2.39. The van der Waals surface area contributed by atoms with E-state index in [4.69, 9.17) is 4.74 Å². The second kappa shape index (κ2) is 7.59. The lowest BCUT2D eigenvalue weighted by atomic mass is 9.88. The van der Waals surface area contributed by atoms with Crippen LogP contribution in [-0.4, -0.2) is 43.5 Å². The molecular formula is C21H22FN3O3. The highest BCUT2D eigenvalue weighted by atomic mass is 19.1. The quantitative estimate of drug-likeness (QED) is 0.854. The number of halogens is 1. The lowest BCUT2D eigenvalue weighted by Crippen LogP contribution is -2.50. The average Bonchev–Trinajstić information content (AvgIpc) is 2.72. The summed E-state index contributed by atoms with van der Waals surface area (Å²) in [6.07, 6.45) is 0.0556. The molecule has 2 unspecified atom stereocenters. The van der Waals surface area contributed by atoms with Gasteiger partial charge >= 0.3 is 0 Å². The zero-order valence-corrected chi connectivity index (χ0v) is 15.6. The van der Waals surface area contributed by atoms with E-state index in [0.29, 0.717) is 30.9 Å². The number of rotatable bonds is 3. The third kappa shape index (κ3) is 3.33. The Morgan fingerprint density at radius 1 is 1.21 bits per heavy atom. The molecule has 0 aliphatic carbocycles. The molecule has 1 saturated heterocycles. The minimum absolute atomic E-state index is 0.0556. The normalized spacial score (nSPS) is 21.6. The van der Waals surface area contributed by atoms with Crippen molar-refractivity contribution in [2.24, 2.45) is 0 Å². The maximum atomic E-state index is 13.6. The van der Waals surface area contributed by atoms with E-state index >= 15 is 0 Å². The summed E-state index contributed by atoms with van der Waals surface area (Å²) in [6, 6.07) is 11.6. The fourth-order valence-electron chi connectivity index (χ4n) is 4.05. The maximum absolute atomic E-state index is 13.6. The molecule has 146 valence electrons. The minimum atomic E-state index is -0.625. The van der Waals surface area contributed by atoms with Crippen LogP contribution in [0.25, 0.3) is 0 Å². The fraction of sp³-hybridized carbons (Fsp3) is 0.333. The van der Waals surface area contributed by atoms with Gasteiger partial charge in [0, 0.05) is 37.3 Å². The molecule has 0 aromatic heterocycles. The predicted octanol–water partition coefficient (Wildman–Crippen LogP) is 2.43. The number of methoxy groups -OCH3 is 1. The van der Waals surface area contributed by atoms with E-state index in [0.717, 1.165) is 11.3 Å². The van der Waals surface area contributed by atoms with Crippen LogP contribution in [0.1, 0.15) is 29.5 Å². The number of hydrogen-bond acceptors (Lipinski definition) is 4. The minimum Gasteiger partial charge on any atom is -0.496 e. The molecule has 0 spiro atoms. The van der Waals surface area contributed by atoms with E-state index in [1.54, 1.807) is 13.2 Å². The number of benzene rings is 2. The second-order valence-electron chi connectivity index (χ2n) is 7.03. The molecule has 0 saturated carbocycles. The van der Waals surface area contributed by atoms with Crippen molar-refractivity contribution in [3.05, 3.63) is 59.4 Å². The largest absolute Gasteiger partial charge is 0.496 e. The Bertz CT molecular complexity index is 918. The van der Waals surface area contributed by atoms with Crippen LogP contribution in [0.4, 0.5) is 10.1 Å². The molecule has 7 heteroatoms. The monoisotopic (exact) mass is 383 g/mol. The molecule has 2 aliphatic rings. The van der Waals surface area contributed by atoms with Crippen molar-refractivity contribution in [1.29, 1.82) is 0 Å². The number of para-hydroxylation sites is 1. The van der Waals surface area contributed by atoms with Gasteiger partial charge in [-0.05, 0) is 23.8 Å². The summed E-state index contributed by atoms with van der Waals surface area (Å²) in [4.78, 5) is 27.5. The molecule has 4 rings (SSSR count). The summed E-state index contributed by atoms with van der Waals surface area (Å²) in [6.45, 7) is 1.80. The molecule has 0 bridgehead atoms. The first-order valence-electron chi connectivity index (χ1n) is 9.32. The second-order valence-corrected chi connectivity index (χ2v) is 7.03. The first-order chi connectivity index (χ1) is 13.6. The van der Waals surface area contributed by atoms with Gasteiger partial charge in [-0.15, -0.1) is 0 Å². The van der Waals surface area contributed by atoms with Gasteiger partial charge in [0.25, 0.3) is 0 Å². The van der Waals surface area contributed by atoms with E-state index in [-0.39, 0.29) is 24.3 Å². The zero-order chi connectivity index (χ0) is 19.7. The standard InChI is InChI=1S/C21H22FN3O3/c1-28-19-5-3-2-4-15(19)18-12-23-8-9-25(18)21(27)16-11-20(26)24-17-10-13(22)6-7-14(16)17/h2-7,10,16,18,23H,8-9,11-12H2,1H3,(H,24,26). The molecule has 2 aromatic rings. The Labute approximate surface area is 162 Å². The van der Waals surface area contributed by atoms with Crippen molar-refractivity contribution < 1.29 is 18.7 Å². The van der Waals surface area contributed by atoms with Crippen molar-refractivity contribution in [3.63, 3.8) is 0 Å². The number of nitrogens with zero attached hydrogens (tertiary/aromatic N) is 1. The third-order valence-electron chi connectivity index (χ3n) is 5.38. The Balaban J connectivity index is 1.69. The Morgan fingerprint density at radius 3 is 2.86 bits per heavy atom. The van der Waals surface area contributed by atoms with Crippen LogP contribution in [0.2, 0.25) is 0 Å². The summed E-state index contributed by atoms with van der Waals surface area (Å²) in [5, 5.41) is 6.00. The number of ether oxygens (including phenoxy) is 1. The summed E-state index contributed by atoms with van der Waals surface area (Å²) >= 11 is 0. The molecule has 28 heavy (non-hydrogen) atoms. The Hall–Kier alpha value is -2.93. The number of nitrogens with one attached hydrogen (secondary N) is 2. The van der Waals surface area contributed by atoms with Gasteiger partial charge < -0.3 is 20.3 Å². The number of anilines is 1. The highest BCUT2D eigenvalue weighted by Gasteiger charge is 2.38. The van der Waals surface area contributed by atoms with Crippen molar-refractivity contribution >= 4 is 17.5 Å². The van der Waals surface area contributed by atoms with Crippen molar-refractivity contribution in [2.45, 2.75) is 18.4 Å². The maximum Gasteiger partial charge on any atom is 0.231 e. The molecule has 2 amide bonds. The Morgan fingerprint density at radius 2 is 2.04 bits per heavy atom. The zero-order valence-electron chi connectivity index (χ0n) is 15.6. The molecule has 2 atom stereocenters. The van der Waals surface area contributed by atoms with Crippen LogP contribution in [0.15, 0.2) is 42.5 Å². The van der Waals surface area contributed by atoms with Gasteiger partial charge in [-0.3, -0.25) is 9.59 Å². The first kappa shape index (κ1) is 18.4. The van der Waals surface area contributed by atoms with Gasteiger partial charge in [0.2, 0.25) is 11.8 Å². The van der Waals surface area contributed by atoms with Gasteiger partial charge in [0.1, 0.15) is 11.6 Å². The summed E-state index contributed by atoms with van der Waals surface area (Å²) < 4.78 is 19.1. The smallest absolute Gasteiger partial charge is 0.231 e. The van der Waals surface area contributed by atoms with E-state index in [9.17, 15) is 14.0 Å². The van der Waals surface area contributed by atoms with Gasteiger partial charge in [0.15, 0.2) is 0 Å². The van der Waals surface area contributed by atoms with Crippen LogP contribution in [0, 0.1) is 5.82 Å². The molecular weight excluding hydrogens is 361 g/mol. The predicted molar refractivity (Wildman–Crippen MR) is 103 cm³/mol. The van der Waals surface area contributed by atoms with Gasteiger partial charge in [-0.25, -0.2) is 4.39 Å². The molecule has 0 radical (unpaired) electrons. The van der Waals surface area contributed by atoms with Crippen LogP contribution in [-0.2, 0) is 9.59 Å². The van der Waals surface area contributed by atoms with E-state index in [2.05, 4.69) is 10.6 Å². The molecule has 2 N–H and O–H groups in total. The summed E-state index contributed by atoms with van der Waals surface area (Å²) in [5.41, 5.74) is 1.95. The molecule has 2 heterocycles. The topological polar surface area (TPSA) is 70.7 Å². The number of hydrogen-bond donors (Lipinski definition) is 2. The fourth-order valence-corrected chi connectivity index (χ4v) is 4.05. The number of carbonyl (C=O) groups is 2. The summed E-state index contributed by atoms with van der Waals surface area (Å²) in [5.74, 6) is -0.751. The van der Waals surface area contributed by atoms with Crippen molar-refractivity contribution in [3.8, 4) is 5.75 Å². The number of amides is 2. The van der Waals surface area contributed by atoms with Gasteiger partial charge in [0.05, 0.1) is 19.1 Å². The van der Waals surface area contributed by atoms with Crippen LogP contribution in [0.3, 0.4) is 0 Å². The van der Waals surface area contributed by atoms with Crippen molar-refractivity contribution in [1.82, 2.24) is 10.2 Å². The highest BCUT2D eigenvalue weighted by Crippen LogP contribution is 2.37. The van der Waals surface area contributed by atoms with Crippen LogP contribution < -0.4 is 15.4 Å². The van der Waals surface area contributed by atoms with E-state index in [1.165, 1.54) is 12.1 Å². The lowest BCUT2D eigenvalue weighted by molar-refractivity contribution is -0.138. The SMILES string of the molecule is COc1ccccc1C1CNCCN1C(=O)C1CC(=O)Nc2cc(F)ccc21.